The molecule has 4 N–H and O–H groups in total. The molecule has 1 fully saturated rings. The molecule has 5 rings (SSSR count). The van der Waals surface area contributed by atoms with Gasteiger partial charge in [0, 0.05) is 24.3 Å². The van der Waals surface area contributed by atoms with E-state index in [2.05, 4.69) is 39.7 Å². The standard InChI is InChI=1S/C35H41N4O5P/c1-2-3-19-45(38-20-25-9-8-10-25)44-23-26-15-17-27(18-16-26)39-34(41)22-36-33(40)21-37-35(42)43-24-32-30-13-6-4-11-28(30)29-12-5-7-14-31(29)32/h2,4-7,11-18,25,32,38H,1,3,8-10,19-24H2,(H,36,40)(H,37,42)(H,39,41). The van der Waals surface area contributed by atoms with Crippen LogP contribution in [0.3, 0.4) is 0 Å². The number of nitrogens with one attached hydrogen (secondary N) is 4. The predicted molar refractivity (Wildman–Crippen MR) is 178 cm³/mol. The van der Waals surface area contributed by atoms with Crippen molar-refractivity contribution >= 4 is 31.9 Å². The van der Waals surface area contributed by atoms with Gasteiger partial charge in [0.2, 0.25) is 11.8 Å². The van der Waals surface area contributed by atoms with Crippen molar-refractivity contribution in [2.75, 3.05) is 37.7 Å². The molecule has 0 aromatic heterocycles. The fourth-order valence-electron chi connectivity index (χ4n) is 5.41. The van der Waals surface area contributed by atoms with Crippen LogP contribution in [0.4, 0.5) is 10.5 Å². The number of carbonyl (C=O) groups is 3. The molecule has 2 aliphatic carbocycles. The average molecular weight is 629 g/mol. The van der Waals surface area contributed by atoms with Crippen LogP contribution < -0.4 is 21.0 Å². The van der Waals surface area contributed by atoms with Crippen LogP contribution >= 0.6 is 8.30 Å². The van der Waals surface area contributed by atoms with Crippen LogP contribution in [-0.4, -0.2) is 50.3 Å². The summed E-state index contributed by atoms with van der Waals surface area (Å²) in [7, 11) is -0.724. The Kier molecular flexibility index (Phi) is 11.7. The number of hydrogen-bond donors (Lipinski definition) is 4. The molecule has 1 saturated carbocycles. The number of carbonyl (C=O) groups excluding carboxylic acids is 3. The molecule has 1 unspecified atom stereocenters. The normalized spacial score (nSPS) is 14.4. The number of alkyl carbamates (subject to hydrolysis) is 1. The minimum absolute atomic E-state index is 0.0685. The predicted octanol–water partition coefficient (Wildman–Crippen LogP) is 6.07. The second-order valence-electron chi connectivity index (χ2n) is 11.3. The highest BCUT2D eigenvalue weighted by atomic mass is 31.2. The van der Waals surface area contributed by atoms with Crippen LogP contribution in [0.2, 0.25) is 0 Å². The van der Waals surface area contributed by atoms with E-state index in [0.29, 0.717) is 12.3 Å². The second kappa shape index (κ2) is 16.3. The van der Waals surface area contributed by atoms with Crippen LogP contribution in [0, 0.1) is 5.92 Å². The van der Waals surface area contributed by atoms with Gasteiger partial charge in [0.25, 0.3) is 0 Å². The third-order valence-electron chi connectivity index (χ3n) is 8.13. The summed E-state index contributed by atoms with van der Waals surface area (Å²) >= 11 is 0. The van der Waals surface area contributed by atoms with E-state index < -0.39 is 20.3 Å². The summed E-state index contributed by atoms with van der Waals surface area (Å²) in [5, 5.41) is 11.3. The van der Waals surface area contributed by atoms with Gasteiger partial charge >= 0.3 is 6.09 Å². The molecule has 0 saturated heterocycles. The summed E-state index contributed by atoms with van der Waals surface area (Å²) in [6.07, 6.45) is 7.00. The van der Waals surface area contributed by atoms with Gasteiger partial charge in [0.15, 0.2) is 0 Å². The molecule has 3 amide bonds. The Morgan fingerprint density at radius 2 is 1.53 bits per heavy atom. The van der Waals surface area contributed by atoms with Gasteiger partial charge in [-0.15, -0.1) is 6.58 Å². The van der Waals surface area contributed by atoms with Crippen LogP contribution in [0.1, 0.15) is 48.3 Å². The van der Waals surface area contributed by atoms with Crippen LogP contribution in [0.15, 0.2) is 85.5 Å². The van der Waals surface area contributed by atoms with E-state index in [0.717, 1.165) is 52.9 Å². The van der Waals surface area contributed by atoms with Crippen molar-refractivity contribution in [2.24, 2.45) is 5.92 Å². The highest BCUT2D eigenvalue weighted by Crippen LogP contribution is 2.44. The van der Waals surface area contributed by atoms with E-state index in [4.69, 9.17) is 9.26 Å². The van der Waals surface area contributed by atoms with Gasteiger partial charge in [-0.2, -0.15) is 0 Å². The van der Waals surface area contributed by atoms with E-state index in [1.807, 2.05) is 66.7 Å². The smallest absolute Gasteiger partial charge is 0.407 e. The molecule has 1 atom stereocenters. The first-order valence-electron chi connectivity index (χ1n) is 15.5. The minimum Gasteiger partial charge on any atom is -0.449 e. The lowest BCUT2D eigenvalue weighted by Gasteiger charge is -2.28. The highest BCUT2D eigenvalue weighted by Gasteiger charge is 2.29. The lowest BCUT2D eigenvalue weighted by molar-refractivity contribution is -0.123. The van der Waals surface area contributed by atoms with E-state index in [1.54, 1.807) is 0 Å². The molecule has 0 aliphatic heterocycles. The molecule has 3 aromatic rings. The Hall–Kier alpha value is -4.04. The molecule has 0 radical (unpaired) electrons. The summed E-state index contributed by atoms with van der Waals surface area (Å²) in [5.41, 5.74) is 6.13. The van der Waals surface area contributed by atoms with Crippen molar-refractivity contribution in [3.63, 3.8) is 0 Å². The summed E-state index contributed by atoms with van der Waals surface area (Å²) < 4.78 is 11.6. The van der Waals surface area contributed by atoms with Crippen molar-refractivity contribution in [1.29, 1.82) is 0 Å². The van der Waals surface area contributed by atoms with Crippen molar-refractivity contribution in [2.45, 2.75) is 38.2 Å². The fraction of sp³-hybridized carbons (Fsp3) is 0.343. The Morgan fingerprint density at radius 3 is 2.18 bits per heavy atom. The molecule has 45 heavy (non-hydrogen) atoms. The number of hydrogen-bond acceptors (Lipinski definition) is 6. The number of amides is 3. The fourth-order valence-corrected chi connectivity index (χ4v) is 6.97. The molecule has 10 heteroatoms. The van der Waals surface area contributed by atoms with E-state index in [1.165, 1.54) is 19.3 Å². The number of anilines is 1. The first-order valence-corrected chi connectivity index (χ1v) is 16.9. The minimum atomic E-state index is -0.724. The lowest BCUT2D eigenvalue weighted by atomic mass is 9.86. The van der Waals surface area contributed by atoms with Gasteiger partial charge in [0.1, 0.15) is 21.5 Å². The van der Waals surface area contributed by atoms with Crippen molar-refractivity contribution < 1.29 is 23.6 Å². The SMILES string of the molecule is C=CCCP(NCC1CCC1)OCc1ccc(NC(=O)CNC(=O)CNC(=O)OCC2c3ccccc3-c3ccccc32)cc1. The zero-order valence-electron chi connectivity index (χ0n) is 25.4. The Morgan fingerprint density at radius 1 is 0.867 bits per heavy atom. The van der Waals surface area contributed by atoms with Gasteiger partial charge < -0.3 is 25.2 Å². The summed E-state index contributed by atoms with van der Waals surface area (Å²) in [5.74, 6) is -0.166. The van der Waals surface area contributed by atoms with Gasteiger partial charge in [-0.1, -0.05) is 73.2 Å². The van der Waals surface area contributed by atoms with Crippen molar-refractivity contribution in [3.05, 3.63) is 102 Å². The van der Waals surface area contributed by atoms with E-state index in [-0.39, 0.29) is 31.5 Å². The van der Waals surface area contributed by atoms with E-state index in [9.17, 15) is 14.4 Å². The third-order valence-corrected chi connectivity index (χ3v) is 9.77. The van der Waals surface area contributed by atoms with Gasteiger partial charge in [0.05, 0.1) is 13.2 Å². The van der Waals surface area contributed by atoms with Crippen molar-refractivity contribution in [3.8, 4) is 11.1 Å². The second-order valence-corrected chi connectivity index (χ2v) is 13.1. The summed E-state index contributed by atoms with van der Waals surface area (Å²) in [6, 6.07) is 23.6. The lowest BCUT2D eigenvalue weighted by Crippen LogP contribution is -2.40. The number of allylic oxidation sites excluding steroid dienone is 1. The van der Waals surface area contributed by atoms with Gasteiger partial charge in [-0.25, -0.2) is 4.79 Å². The van der Waals surface area contributed by atoms with E-state index >= 15 is 0 Å². The number of benzene rings is 3. The summed E-state index contributed by atoms with van der Waals surface area (Å²) in [4.78, 5) is 37.0. The first-order chi connectivity index (χ1) is 22.0. The maximum absolute atomic E-state index is 12.4. The highest BCUT2D eigenvalue weighted by molar-refractivity contribution is 7.50. The quantitative estimate of drug-likeness (QED) is 0.113. The molecule has 0 heterocycles. The van der Waals surface area contributed by atoms with Crippen LogP contribution in [0.25, 0.3) is 11.1 Å². The Bertz CT molecular complexity index is 1430. The average Bonchev–Trinajstić information content (AvgIpc) is 3.36. The maximum atomic E-state index is 12.4. The topological polar surface area (TPSA) is 118 Å². The molecular weight excluding hydrogens is 587 g/mol. The monoisotopic (exact) mass is 628 g/mol. The Labute approximate surface area is 266 Å². The number of ether oxygens (including phenoxy) is 1. The largest absolute Gasteiger partial charge is 0.449 e. The van der Waals surface area contributed by atoms with Crippen LogP contribution in [0.5, 0.6) is 0 Å². The molecule has 9 nitrogen and oxygen atoms in total. The first kappa shape index (κ1) is 32.4. The summed E-state index contributed by atoms with van der Waals surface area (Å²) in [6.45, 7) is 4.95. The Balaban J connectivity index is 0.979. The van der Waals surface area contributed by atoms with Crippen LogP contribution in [-0.2, 0) is 25.5 Å². The van der Waals surface area contributed by atoms with Crippen molar-refractivity contribution in [1.82, 2.24) is 15.7 Å². The molecule has 236 valence electrons. The number of fused-ring (bicyclic) bond motifs is 3. The molecule has 2 aliphatic rings. The number of rotatable bonds is 16. The molecular formula is C35H41N4O5P. The molecule has 0 spiro atoms. The maximum Gasteiger partial charge on any atom is 0.407 e. The van der Waals surface area contributed by atoms with Gasteiger partial charge in [-0.05, 0) is 65.1 Å². The zero-order chi connectivity index (χ0) is 31.4. The van der Waals surface area contributed by atoms with Gasteiger partial charge in [-0.3, -0.25) is 14.7 Å². The molecule has 3 aromatic carbocycles. The third kappa shape index (κ3) is 9.24. The molecule has 0 bridgehead atoms. The zero-order valence-corrected chi connectivity index (χ0v) is 26.3.